The summed E-state index contributed by atoms with van der Waals surface area (Å²) in [5.41, 5.74) is 4.85. The number of fused-ring (bicyclic) bond motifs is 2. The van der Waals surface area contributed by atoms with Crippen molar-refractivity contribution in [2.75, 3.05) is 18.0 Å². The van der Waals surface area contributed by atoms with E-state index in [1.54, 1.807) is 42.5 Å². The summed E-state index contributed by atoms with van der Waals surface area (Å²) in [5.74, 6) is 0. The highest BCUT2D eigenvalue weighted by molar-refractivity contribution is 7.95. The number of anilines is 1. The number of unbranched alkanes of at least 4 members (excludes halogenated alkanes) is 4. The van der Waals surface area contributed by atoms with E-state index in [-0.39, 0.29) is 19.6 Å². The van der Waals surface area contributed by atoms with Crippen LogP contribution >= 0.6 is 0 Å². The van der Waals surface area contributed by atoms with Gasteiger partial charge in [-0.15, -0.1) is 0 Å². The molecule has 6 rings (SSSR count). The minimum absolute atomic E-state index is 0.176. The van der Waals surface area contributed by atoms with Gasteiger partial charge in [-0.2, -0.15) is 13.0 Å². The van der Waals surface area contributed by atoms with Crippen LogP contribution in [-0.2, 0) is 40.9 Å². The fraction of sp³-hybridized carbons (Fsp3) is 0.400. The molecule has 3 aromatic carbocycles. The van der Waals surface area contributed by atoms with E-state index >= 15 is 0 Å². The molecule has 1 N–H and O–H groups in total. The molecule has 10 nitrogen and oxygen atoms in total. The molecule has 0 aromatic heterocycles. The number of hydrogen-bond acceptors (Lipinski definition) is 8. The Kier molecular flexibility index (Phi) is 12.3. The van der Waals surface area contributed by atoms with Gasteiger partial charge in [0.15, 0.2) is 5.71 Å². The van der Waals surface area contributed by atoms with Gasteiger partial charge in [0, 0.05) is 47.5 Å². The second kappa shape index (κ2) is 16.5. The van der Waals surface area contributed by atoms with Gasteiger partial charge >= 0.3 is 0 Å². The van der Waals surface area contributed by atoms with E-state index in [4.69, 9.17) is 0 Å². The Morgan fingerprint density at radius 2 is 1.40 bits per heavy atom. The Balaban J connectivity index is 1.50. The monoisotopic (exact) mass is 846 g/mol. The van der Waals surface area contributed by atoms with E-state index in [1.807, 2.05) is 52.0 Å². The lowest BCUT2D eigenvalue weighted by atomic mass is 9.81. The van der Waals surface area contributed by atoms with Crippen LogP contribution in [0.3, 0.4) is 0 Å². The third-order valence-electron chi connectivity index (χ3n) is 11.7. The van der Waals surface area contributed by atoms with Gasteiger partial charge in [-0.3, -0.25) is 4.55 Å². The highest BCUT2D eigenvalue weighted by Crippen LogP contribution is 2.49. The predicted octanol–water partition coefficient (Wildman–Crippen LogP) is 9.28. The van der Waals surface area contributed by atoms with Crippen LogP contribution in [0.1, 0.15) is 104 Å². The molecule has 0 unspecified atom stereocenters. The average Bonchev–Trinajstić information content (AvgIpc) is 3.74. The zero-order chi connectivity index (χ0) is 42.3. The highest BCUT2D eigenvalue weighted by atomic mass is 32.2. The van der Waals surface area contributed by atoms with Gasteiger partial charge in [0.1, 0.15) is 16.7 Å². The zero-order valence-corrected chi connectivity index (χ0v) is 36.6. The van der Waals surface area contributed by atoms with Crippen molar-refractivity contribution in [2.45, 2.75) is 118 Å². The maximum Gasteiger partial charge on any atom is 0.294 e. The van der Waals surface area contributed by atoms with Crippen LogP contribution in [0.5, 0.6) is 0 Å². The van der Waals surface area contributed by atoms with Crippen LogP contribution in [0.25, 0.3) is 0 Å². The summed E-state index contributed by atoms with van der Waals surface area (Å²) in [4.78, 5) is 2.13. The fourth-order valence-corrected chi connectivity index (χ4v) is 11.4. The summed E-state index contributed by atoms with van der Waals surface area (Å²) in [6.45, 7) is 13.6. The summed E-state index contributed by atoms with van der Waals surface area (Å²) in [5, 5.41) is 0. The van der Waals surface area contributed by atoms with Crippen LogP contribution in [0, 0.1) is 0 Å². The summed E-state index contributed by atoms with van der Waals surface area (Å²) in [7, 11) is -13.1. The van der Waals surface area contributed by atoms with Gasteiger partial charge in [0.25, 0.3) is 10.1 Å². The van der Waals surface area contributed by atoms with E-state index in [0.29, 0.717) is 37.1 Å². The molecule has 58 heavy (non-hydrogen) atoms. The molecule has 2 aliphatic heterocycles. The molecule has 0 spiro atoms. The Morgan fingerprint density at radius 1 is 0.741 bits per heavy atom. The van der Waals surface area contributed by atoms with Gasteiger partial charge in [-0.1, -0.05) is 77.3 Å². The molecule has 0 bridgehead atoms. The molecule has 0 amide bonds. The summed E-state index contributed by atoms with van der Waals surface area (Å²) in [6, 6.07) is 17.6. The number of benzene rings is 3. The van der Waals surface area contributed by atoms with Crippen molar-refractivity contribution in [2.24, 2.45) is 0 Å². The maximum absolute atomic E-state index is 14.7. The van der Waals surface area contributed by atoms with Crippen molar-refractivity contribution >= 4 is 47.2 Å². The van der Waals surface area contributed by atoms with Crippen molar-refractivity contribution in [1.29, 1.82) is 0 Å². The van der Waals surface area contributed by atoms with E-state index in [0.717, 1.165) is 72.4 Å². The number of sulfone groups is 1. The lowest BCUT2D eigenvalue weighted by molar-refractivity contribution is -0.438. The standard InChI is InChI=1S/C45H54N2O8S3/c1-7-9-14-28-46-39-24-22-35(57(50,51)52)30-37(39)44(3,4)41(46)26-20-32-18-19-33(43(32)56(48,49)34-16-12-11-13-17-34)21-27-42-45(5,6)38-31-36(58(53,54)55)23-25-40(38)47(42)29-15-10-8-2/h11-13,16-17,20-27,30-31H,7-10,14-15,18-19,28-29H2,1-6H3,(H-,50,51,52,53,54,55). The fourth-order valence-electron chi connectivity index (χ4n) is 8.59. The van der Waals surface area contributed by atoms with Gasteiger partial charge in [0.05, 0.1) is 25.0 Å². The van der Waals surface area contributed by atoms with Crippen molar-refractivity contribution in [3.8, 4) is 0 Å². The number of allylic oxidation sites excluding steroid dienone is 7. The molecule has 0 atom stereocenters. The molecule has 0 saturated carbocycles. The molecule has 310 valence electrons. The van der Waals surface area contributed by atoms with Crippen LogP contribution in [0.2, 0.25) is 0 Å². The summed E-state index contributed by atoms with van der Waals surface area (Å²) >= 11 is 0. The molecular formula is C45H54N2O8S3. The van der Waals surface area contributed by atoms with Crippen LogP contribution < -0.4 is 4.90 Å². The molecule has 0 saturated heterocycles. The molecule has 0 radical (unpaired) electrons. The number of rotatable bonds is 15. The second-order valence-corrected chi connectivity index (χ2v) is 21.1. The Hall–Kier alpha value is -4.14. The van der Waals surface area contributed by atoms with Gasteiger partial charge in [-0.05, 0) is 105 Å². The quantitative estimate of drug-likeness (QED) is 0.0897. The van der Waals surface area contributed by atoms with Crippen molar-refractivity contribution in [1.82, 2.24) is 0 Å². The molecule has 0 fully saturated rings. The zero-order valence-electron chi connectivity index (χ0n) is 34.2. The largest absolute Gasteiger partial charge is 0.744 e. The number of nitrogens with zero attached hydrogens (tertiary/aromatic N) is 2. The molecule has 3 aliphatic rings. The first-order chi connectivity index (χ1) is 27.2. The first-order valence-corrected chi connectivity index (χ1v) is 24.4. The lowest BCUT2D eigenvalue weighted by Crippen LogP contribution is -2.28. The second-order valence-electron chi connectivity index (χ2n) is 16.4. The molecule has 1 aliphatic carbocycles. The van der Waals surface area contributed by atoms with Gasteiger partial charge < -0.3 is 9.45 Å². The van der Waals surface area contributed by atoms with E-state index in [2.05, 4.69) is 23.3 Å². The summed E-state index contributed by atoms with van der Waals surface area (Å²) in [6.07, 6.45) is 14.4. The highest BCUT2D eigenvalue weighted by Gasteiger charge is 2.45. The molecular weight excluding hydrogens is 793 g/mol. The minimum atomic E-state index is -4.68. The normalized spacial score (nSPS) is 19.3. The Labute approximate surface area is 344 Å². The third-order valence-corrected chi connectivity index (χ3v) is 15.4. The van der Waals surface area contributed by atoms with Crippen LogP contribution in [0.15, 0.2) is 127 Å². The SMILES string of the molecule is CCCCCN1/C(=C/C=C2\CCC(/C=C/C3=[N+](CCCCC)c4ccc(S(=O)(=O)[O-])cc4C3(C)C)=C2S(=O)(=O)c2ccccc2)C(C)(C)c2cc(S(=O)(=O)O)ccc21. The van der Waals surface area contributed by atoms with Crippen molar-refractivity contribution in [3.63, 3.8) is 0 Å². The van der Waals surface area contributed by atoms with E-state index < -0.39 is 40.9 Å². The van der Waals surface area contributed by atoms with Crippen molar-refractivity contribution < 1.29 is 38.9 Å². The summed E-state index contributed by atoms with van der Waals surface area (Å²) < 4.78 is 102. The third kappa shape index (κ3) is 8.34. The first kappa shape index (κ1) is 43.4. The average molecular weight is 847 g/mol. The van der Waals surface area contributed by atoms with Gasteiger partial charge in [-0.25, -0.2) is 16.8 Å². The Bertz CT molecular complexity index is 2600. The minimum Gasteiger partial charge on any atom is -0.744 e. The lowest BCUT2D eigenvalue weighted by Gasteiger charge is -2.27. The van der Waals surface area contributed by atoms with Crippen LogP contribution in [-0.4, -0.2) is 57.7 Å². The molecule has 13 heteroatoms. The Morgan fingerprint density at radius 3 is 2.05 bits per heavy atom. The topological polar surface area (TPSA) is 152 Å². The smallest absolute Gasteiger partial charge is 0.294 e. The van der Waals surface area contributed by atoms with Crippen LogP contribution in [0.4, 0.5) is 11.4 Å². The van der Waals surface area contributed by atoms with Crippen molar-refractivity contribution in [3.05, 3.63) is 124 Å². The molecule has 3 aromatic rings. The molecule has 2 heterocycles. The first-order valence-electron chi connectivity index (χ1n) is 20.0. The predicted molar refractivity (Wildman–Crippen MR) is 228 cm³/mol. The van der Waals surface area contributed by atoms with Gasteiger partial charge in [0.2, 0.25) is 15.5 Å². The van der Waals surface area contributed by atoms with E-state index in [9.17, 15) is 34.4 Å². The number of hydrogen-bond donors (Lipinski definition) is 1. The maximum atomic E-state index is 14.7. The van der Waals surface area contributed by atoms with E-state index in [1.165, 1.54) is 24.3 Å².